The van der Waals surface area contributed by atoms with Gasteiger partial charge in [0.1, 0.15) is 0 Å². The first-order valence-electron chi connectivity index (χ1n) is 6.49. The lowest BCUT2D eigenvalue weighted by Crippen LogP contribution is -2.19. The highest BCUT2D eigenvalue weighted by Gasteiger charge is 2.12. The number of fused-ring (bicyclic) bond motifs is 1. The van der Waals surface area contributed by atoms with E-state index in [-0.39, 0.29) is 6.42 Å². The second kappa shape index (κ2) is 6.31. The minimum absolute atomic E-state index is 0.189. The minimum atomic E-state index is -0.757. The van der Waals surface area contributed by atoms with Crippen molar-refractivity contribution in [2.24, 2.45) is 0 Å². The maximum atomic E-state index is 10.5. The van der Waals surface area contributed by atoms with Gasteiger partial charge in [-0.05, 0) is 18.6 Å². The molecule has 104 valence electrons. The number of aliphatic carboxylic acids is 1. The zero-order chi connectivity index (χ0) is 13.7. The van der Waals surface area contributed by atoms with Gasteiger partial charge in [0.25, 0.3) is 0 Å². The van der Waals surface area contributed by atoms with Gasteiger partial charge in [-0.15, -0.1) is 0 Å². The van der Waals surface area contributed by atoms with Crippen LogP contribution < -0.4 is 14.4 Å². The standard InChI is InChI=1S/C14H19NO4/c1-15(7-2-4-14(16)17)11-5-6-12-13(10-11)19-9-3-8-18-12/h5-6,10H,2-4,7-9H2,1H3,(H,16,17). The van der Waals surface area contributed by atoms with Gasteiger partial charge in [0.15, 0.2) is 11.5 Å². The molecule has 5 nitrogen and oxygen atoms in total. The van der Waals surface area contributed by atoms with Crippen LogP contribution in [0.4, 0.5) is 5.69 Å². The predicted octanol–water partition coefficient (Wildman–Crippen LogP) is 2.15. The summed E-state index contributed by atoms with van der Waals surface area (Å²) in [5.41, 5.74) is 1.01. The Balaban J connectivity index is 2.00. The van der Waals surface area contributed by atoms with Gasteiger partial charge in [-0.1, -0.05) is 0 Å². The molecule has 0 radical (unpaired) electrons. The van der Waals surface area contributed by atoms with Crippen LogP contribution in [0.25, 0.3) is 0 Å². The van der Waals surface area contributed by atoms with E-state index >= 15 is 0 Å². The Morgan fingerprint density at radius 1 is 1.32 bits per heavy atom. The number of hydrogen-bond acceptors (Lipinski definition) is 4. The number of hydrogen-bond donors (Lipinski definition) is 1. The first kappa shape index (κ1) is 13.5. The van der Waals surface area contributed by atoms with Crippen LogP contribution in [0, 0.1) is 0 Å². The Morgan fingerprint density at radius 2 is 2.05 bits per heavy atom. The van der Waals surface area contributed by atoms with E-state index in [2.05, 4.69) is 0 Å². The minimum Gasteiger partial charge on any atom is -0.490 e. The third-order valence-electron chi connectivity index (χ3n) is 3.06. The summed E-state index contributed by atoms with van der Waals surface area (Å²) < 4.78 is 11.2. The smallest absolute Gasteiger partial charge is 0.303 e. The molecule has 1 N–H and O–H groups in total. The number of benzene rings is 1. The fourth-order valence-electron chi connectivity index (χ4n) is 1.99. The van der Waals surface area contributed by atoms with Gasteiger partial charge in [0.05, 0.1) is 13.2 Å². The summed E-state index contributed by atoms with van der Waals surface area (Å²) in [7, 11) is 1.95. The molecule has 5 heteroatoms. The molecule has 0 amide bonds. The highest BCUT2D eigenvalue weighted by molar-refractivity contribution is 5.66. The number of carbonyl (C=O) groups is 1. The van der Waals surface area contributed by atoms with Gasteiger partial charge in [0, 0.05) is 38.2 Å². The Labute approximate surface area is 112 Å². The molecule has 0 fully saturated rings. The van der Waals surface area contributed by atoms with Gasteiger partial charge in [-0.2, -0.15) is 0 Å². The van der Waals surface area contributed by atoms with Crippen molar-refractivity contribution in [3.05, 3.63) is 18.2 Å². The molecule has 1 aliphatic rings. The summed E-state index contributed by atoms with van der Waals surface area (Å²) in [5.74, 6) is 0.785. The highest BCUT2D eigenvalue weighted by atomic mass is 16.5. The molecular formula is C14H19NO4. The third kappa shape index (κ3) is 3.77. The normalized spacial score (nSPS) is 13.7. The van der Waals surface area contributed by atoms with Crippen molar-refractivity contribution in [1.29, 1.82) is 0 Å². The van der Waals surface area contributed by atoms with E-state index in [9.17, 15) is 4.79 Å². The Morgan fingerprint density at radius 3 is 2.79 bits per heavy atom. The second-order valence-electron chi connectivity index (χ2n) is 4.60. The van der Waals surface area contributed by atoms with Crippen LogP contribution in [0.5, 0.6) is 11.5 Å². The molecule has 0 unspecified atom stereocenters. The fraction of sp³-hybridized carbons (Fsp3) is 0.500. The van der Waals surface area contributed by atoms with Gasteiger partial charge in [-0.25, -0.2) is 0 Å². The molecule has 1 aromatic rings. The molecule has 0 saturated heterocycles. The van der Waals surface area contributed by atoms with Gasteiger partial charge in [0.2, 0.25) is 0 Å². The Hall–Kier alpha value is -1.91. The van der Waals surface area contributed by atoms with Crippen molar-refractivity contribution in [2.75, 3.05) is 31.7 Å². The summed E-state index contributed by atoms with van der Waals surface area (Å²) in [6.45, 7) is 2.05. The van der Waals surface area contributed by atoms with Gasteiger partial charge >= 0.3 is 5.97 Å². The molecular weight excluding hydrogens is 246 g/mol. The monoisotopic (exact) mass is 265 g/mol. The van der Waals surface area contributed by atoms with Crippen molar-refractivity contribution in [2.45, 2.75) is 19.3 Å². The first-order chi connectivity index (χ1) is 9.16. The first-order valence-corrected chi connectivity index (χ1v) is 6.49. The van der Waals surface area contributed by atoms with E-state index in [0.717, 1.165) is 23.6 Å². The SMILES string of the molecule is CN(CCCC(=O)O)c1ccc2c(c1)OCCCO2. The summed E-state index contributed by atoms with van der Waals surface area (Å²) in [6.07, 6.45) is 1.70. The van der Waals surface area contributed by atoms with Crippen molar-refractivity contribution in [3.8, 4) is 11.5 Å². The van der Waals surface area contributed by atoms with Crippen LogP contribution in [0.1, 0.15) is 19.3 Å². The molecule has 0 saturated carbocycles. The lowest BCUT2D eigenvalue weighted by Gasteiger charge is -2.20. The maximum Gasteiger partial charge on any atom is 0.303 e. The van der Waals surface area contributed by atoms with E-state index in [1.54, 1.807) is 0 Å². The van der Waals surface area contributed by atoms with Gasteiger partial charge < -0.3 is 19.5 Å². The van der Waals surface area contributed by atoms with Crippen LogP contribution in [0.3, 0.4) is 0 Å². The highest BCUT2D eigenvalue weighted by Crippen LogP contribution is 2.33. The van der Waals surface area contributed by atoms with Crippen molar-refractivity contribution >= 4 is 11.7 Å². The average molecular weight is 265 g/mol. The number of ether oxygens (including phenoxy) is 2. The van der Waals surface area contributed by atoms with E-state index in [4.69, 9.17) is 14.6 Å². The van der Waals surface area contributed by atoms with E-state index in [1.165, 1.54) is 0 Å². The van der Waals surface area contributed by atoms with Crippen LogP contribution in [0.2, 0.25) is 0 Å². The largest absolute Gasteiger partial charge is 0.490 e. The summed E-state index contributed by atoms with van der Waals surface area (Å²) in [5, 5.41) is 8.63. The lowest BCUT2D eigenvalue weighted by atomic mass is 10.2. The number of anilines is 1. The number of carboxylic acids is 1. The molecule has 0 aromatic heterocycles. The molecule has 1 heterocycles. The zero-order valence-corrected chi connectivity index (χ0v) is 11.1. The summed E-state index contributed by atoms with van der Waals surface area (Å²) >= 11 is 0. The molecule has 0 atom stereocenters. The number of carboxylic acid groups (broad SMARTS) is 1. The van der Waals surface area contributed by atoms with E-state index in [0.29, 0.717) is 26.2 Å². The molecule has 2 rings (SSSR count). The average Bonchev–Trinajstić information content (AvgIpc) is 2.62. The Bertz CT molecular complexity index is 447. The van der Waals surface area contributed by atoms with Crippen molar-refractivity contribution < 1.29 is 19.4 Å². The Kier molecular flexibility index (Phi) is 4.49. The van der Waals surface area contributed by atoms with E-state index < -0.39 is 5.97 Å². The third-order valence-corrected chi connectivity index (χ3v) is 3.06. The molecule has 1 aromatic carbocycles. The van der Waals surface area contributed by atoms with Crippen LogP contribution in [-0.4, -0.2) is 37.9 Å². The molecule has 19 heavy (non-hydrogen) atoms. The molecule has 0 bridgehead atoms. The van der Waals surface area contributed by atoms with Crippen molar-refractivity contribution in [3.63, 3.8) is 0 Å². The quantitative estimate of drug-likeness (QED) is 0.884. The summed E-state index contributed by atoms with van der Waals surface area (Å²) in [6, 6.07) is 5.82. The zero-order valence-electron chi connectivity index (χ0n) is 11.1. The lowest BCUT2D eigenvalue weighted by molar-refractivity contribution is -0.137. The second-order valence-corrected chi connectivity index (χ2v) is 4.60. The number of nitrogens with zero attached hydrogens (tertiary/aromatic N) is 1. The van der Waals surface area contributed by atoms with Crippen LogP contribution >= 0.6 is 0 Å². The van der Waals surface area contributed by atoms with Gasteiger partial charge in [-0.3, -0.25) is 4.79 Å². The fourth-order valence-corrected chi connectivity index (χ4v) is 1.99. The van der Waals surface area contributed by atoms with Crippen LogP contribution in [-0.2, 0) is 4.79 Å². The van der Waals surface area contributed by atoms with E-state index in [1.807, 2.05) is 30.1 Å². The molecule has 0 aliphatic carbocycles. The van der Waals surface area contributed by atoms with Crippen LogP contribution in [0.15, 0.2) is 18.2 Å². The predicted molar refractivity (Wildman–Crippen MR) is 72.2 cm³/mol. The molecule has 1 aliphatic heterocycles. The molecule has 0 spiro atoms. The van der Waals surface area contributed by atoms with Crippen molar-refractivity contribution in [1.82, 2.24) is 0 Å². The topological polar surface area (TPSA) is 59.0 Å². The maximum absolute atomic E-state index is 10.5. The number of rotatable bonds is 5. The summed E-state index contributed by atoms with van der Waals surface area (Å²) in [4.78, 5) is 12.5.